The van der Waals surface area contributed by atoms with Crippen LogP contribution in [0.4, 0.5) is 0 Å². The van der Waals surface area contributed by atoms with Crippen molar-refractivity contribution in [3.8, 4) is 0 Å². The van der Waals surface area contributed by atoms with E-state index < -0.39 is 8.07 Å². The van der Waals surface area contributed by atoms with Gasteiger partial charge in [-0.05, 0) is 43.4 Å². The van der Waals surface area contributed by atoms with Crippen LogP contribution in [0.3, 0.4) is 0 Å². The van der Waals surface area contributed by atoms with Gasteiger partial charge >= 0.3 is 0 Å². The van der Waals surface area contributed by atoms with Crippen molar-refractivity contribution in [1.82, 2.24) is 9.55 Å². The first-order valence-corrected chi connectivity index (χ1v) is 13.3. The maximum atomic E-state index is 6.53. The van der Waals surface area contributed by atoms with Crippen LogP contribution in [0.2, 0.25) is 30.7 Å². The zero-order valence-electron chi connectivity index (χ0n) is 15.7. The largest absolute Gasteiger partial charge is 0.378 e. The minimum atomic E-state index is -1.07. The van der Waals surface area contributed by atoms with Crippen molar-refractivity contribution in [3.63, 3.8) is 0 Å². The van der Waals surface area contributed by atoms with Gasteiger partial charge in [-0.25, -0.2) is 4.98 Å². The molecule has 138 valence electrons. The summed E-state index contributed by atoms with van der Waals surface area (Å²) >= 11 is 6.53. The van der Waals surface area contributed by atoms with Crippen molar-refractivity contribution in [2.45, 2.75) is 64.2 Å². The highest BCUT2D eigenvalue weighted by Gasteiger charge is 2.25. The summed E-state index contributed by atoms with van der Waals surface area (Å²) in [5, 5.41) is 1.86. The molecular weight excluding hydrogens is 352 g/mol. The van der Waals surface area contributed by atoms with E-state index in [0.29, 0.717) is 18.8 Å². The molecule has 1 aliphatic rings. The standard InChI is InChI=1S/C19H29ClN2O2Si/c1-14-11-15(6-8-24-14)16-12-22(13-23-9-10-25(2,3)4)19-18(16)17(20)5-7-21-19/h5,7,12,14-15H,6,8-11,13H2,1-4H3/t14-,15-/m1/s1. The summed E-state index contributed by atoms with van der Waals surface area (Å²) in [5.74, 6) is 0.469. The molecule has 0 amide bonds. The van der Waals surface area contributed by atoms with Crippen molar-refractivity contribution in [2.24, 2.45) is 0 Å². The van der Waals surface area contributed by atoms with Crippen LogP contribution in [0.15, 0.2) is 18.5 Å². The predicted molar refractivity (Wildman–Crippen MR) is 106 cm³/mol. The molecule has 0 saturated carbocycles. The van der Waals surface area contributed by atoms with E-state index in [-0.39, 0.29) is 0 Å². The van der Waals surface area contributed by atoms with Gasteiger partial charge in [0.1, 0.15) is 12.4 Å². The average molecular weight is 381 g/mol. The molecule has 1 fully saturated rings. The molecule has 0 aromatic carbocycles. The van der Waals surface area contributed by atoms with Crippen LogP contribution in [-0.4, -0.2) is 36.9 Å². The lowest BCUT2D eigenvalue weighted by molar-refractivity contribution is 0.0187. The molecule has 1 aliphatic heterocycles. The number of rotatable bonds is 6. The number of ether oxygens (including phenoxy) is 2. The molecule has 0 aliphatic carbocycles. The van der Waals surface area contributed by atoms with E-state index in [2.05, 4.69) is 42.3 Å². The van der Waals surface area contributed by atoms with Crippen LogP contribution in [0, 0.1) is 0 Å². The summed E-state index contributed by atoms with van der Waals surface area (Å²) in [5.41, 5.74) is 2.21. The maximum absolute atomic E-state index is 6.53. The highest BCUT2D eigenvalue weighted by atomic mass is 35.5. The number of hydrogen-bond donors (Lipinski definition) is 0. The highest BCUT2D eigenvalue weighted by Crippen LogP contribution is 2.38. The second kappa shape index (κ2) is 7.78. The van der Waals surface area contributed by atoms with Crippen LogP contribution < -0.4 is 0 Å². The third kappa shape index (κ3) is 4.64. The molecule has 0 spiro atoms. The van der Waals surface area contributed by atoms with Gasteiger partial charge in [-0.1, -0.05) is 31.2 Å². The third-order valence-electron chi connectivity index (χ3n) is 4.89. The van der Waals surface area contributed by atoms with Gasteiger partial charge in [-0.2, -0.15) is 0 Å². The van der Waals surface area contributed by atoms with E-state index in [0.717, 1.165) is 42.1 Å². The molecule has 0 bridgehead atoms. The fraction of sp³-hybridized carbons (Fsp3) is 0.632. The average Bonchev–Trinajstić information content (AvgIpc) is 2.91. The summed E-state index contributed by atoms with van der Waals surface area (Å²) < 4.78 is 13.8. The number of nitrogens with zero attached hydrogens (tertiary/aromatic N) is 2. The number of halogens is 1. The van der Waals surface area contributed by atoms with Gasteiger partial charge in [0.2, 0.25) is 0 Å². The van der Waals surface area contributed by atoms with Crippen LogP contribution in [0.25, 0.3) is 11.0 Å². The molecule has 0 radical (unpaired) electrons. The van der Waals surface area contributed by atoms with Gasteiger partial charge in [0.15, 0.2) is 0 Å². The second-order valence-electron chi connectivity index (χ2n) is 8.30. The van der Waals surface area contributed by atoms with Gasteiger partial charge in [-0.15, -0.1) is 0 Å². The molecule has 0 unspecified atom stereocenters. The third-order valence-corrected chi connectivity index (χ3v) is 6.91. The molecule has 3 rings (SSSR count). The molecule has 2 aromatic rings. The Hall–Kier alpha value is -0.883. The van der Waals surface area contributed by atoms with Crippen LogP contribution in [0.5, 0.6) is 0 Å². The molecule has 6 heteroatoms. The molecule has 0 N–H and O–H groups in total. The molecular formula is C19H29ClN2O2Si. The first kappa shape index (κ1) is 18.9. The Morgan fingerprint density at radius 3 is 2.92 bits per heavy atom. The molecule has 1 saturated heterocycles. The highest BCUT2D eigenvalue weighted by molar-refractivity contribution is 6.76. The van der Waals surface area contributed by atoms with E-state index in [1.54, 1.807) is 6.20 Å². The first-order chi connectivity index (χ1) is 11.8. The summed E-state index contributed by atoms with van der Waals surface area (Å²) in [7, 11) is -1.07. The normalized spacial score (nSPS) is 21.8. The number of hydrogen-bond acceptors (Lipinski definition) is 3. The quantitative estimate of drug-likeness (QED) is 0.505. The lowest BCUT2D eigenvalue weighted by Crippen LogP contribution is -2.22. The Bertz CT molecular complexity index is 726. The topological polar surface area (TPSA) is 36.3 Å². The van der Waals surface area contributed by atoms with E-state index in [1.165, 1.54) is 11.6 Å². The van der Waals surface area contributed by atoms with Gasteiger partial charge < -0.3 is 14.0 Å². The fourth-order valence-electron chi connectivity index (χ4n) is 3.44. The maximum Gasteiger partial charge on any atom is 0.143 e. The Morgan fingerprint density at radius 2 is 2.20 bits per heavy atom. The Labute approximate surface area is 156 Å². The van der Waals surface area contributed by atoms with Crippen molar-refractivity contribution in [2.75, 3.05) is 13.2 Å². The summed E-state index contributed by atoms with van der Waals surface area (Å²) in [6, 6.07) is 3.05. The van der Waals surface area contributed by atoms with E-state index >= 15 is 0 Å². The van der Waals surface area contributed by atoms with Crippen LogP contribution in [0.1, 0.15) is 31.2 Å². The second-order valence-corrected chi connectivity index (χ2v) is 14.3. The molecule has 2 aromatic heterocycles. The van der Waals surface area contributed by atoms with Crippen molar-refractivity contribution in [3.05, 3.63) is 29.0 Å². The van der Waals surface area contributed by atoms with Gasteiger partial charge in [0, 0.05) is 39.1 Å². The minimum absolute atomic E-state index is 0.292. The van der Waals surface area contributed by atoms with Crippen LogP contribution >= 0.6 is 11.6 Å². The number of fused-ring (bicyclic) bond motifs is 1. The smallest absolute Gasteiger partial charge is 0.143 e. The zero-order chi connectivity index (χ0) is 18.0. The Balaban J connectivity index is 1.83. The Kier molecular flexibility index (Phi) is 5.88. The van der Waals surface area contributed by atoms with Gasteiger partial charge in [0.05, 0.1) is 11.1 Å². The fourth-order valence-corrected chi connectivity index (χ4v) is 4.44. The summed E-state index contributed by atoms with van der Waals surface area (Å²) in [6.45, 7) is 11.4. The lowest BCUT2D eigenvalue weighted by atomic mass is 9.89. The van der Waals surface area contributed by atoms with Crippen molar-refractivity contribution < 1.29 is 9.47 Å². The minimum Gasteiger partial charge on any atom is -0.378 e. The SMILES string of the molecule is C[C@@H]1C[C@H](c2cn(COCC[Si](C)(C)C)c3nccc(Cl)c23)CCO1. The number of pyridine rings is 1. The lowest BCUT2D eigenvalue weighted by Gasteiger charge is -2.27. The molecule has 3 heterocycles. The summed E-state index contributed by atoms with van der Waals surface area (Å²) in [4.78, 5) is 4.58. The van der Waals surface area contributed by atoms with E-state index in [9.17, 15) is 0 Å². The monoisotopic (exact) mass is 380 g/mol. The number of aromatic nitrogens is 2. The predicted octanol–water partition coefficient (Wildman–Crippen LogP) is 5.28. The van der Waals surface area contributed by atoms with Crippen molar-refractivity contribution in [1.29, 1.82) is 0 Å². The van der Waals surface area contributed by atoms with Gasteiger partial charge in [-0.3, -0.25) is 0 Å². The van der Waals surface area contributed by atoms with E-state index in [4.69, 9.17) is 21.1 Å². The first-order valence-electron chi connectivity index (χ1n) is 9.18. The van der Waals surface area contributed by atoms with Gasteiger partial charge in [0.25, 0.3) is 0 Å². The van der Waals surface area contributed by atoms with Crippen molar-refractivity contribution >= 4 is 30.7 Å². The molecule has 4 nitrogen and oxygen atoms in total. The zero-order valence-corrected chi connectivity index (χ0v) is 17.5. The van der Waals surface area contributed by atoms with Crippen LogP contribution in [-0.2, 0) is 16.2 Å². The molecule has 25 heavy (non-hydrogen) atoms. The summed E-state index contributed by atoms with van der Waals surface area (Å²) in [6.07, 6.45) is 6.33. The molecule has 2 atom stereocenters. The Morgan fingerprint density at radius 1 is 1.40 bits per heavy atom. The van der Waals surface area contributed by atoms with E-state index in [1.807, 2.05) is 6.07 Å².